The van der Waals surface area contributed by atoms with E-state index in [1.54, 1.807) is 0 Å². The Morgan fingerprint density at radius 2 is 1.81 bits per heavy atom. The lowest BCUT2D eigenvalue weighted by molar-refractivity contribution is 1.12. The molecule has 0 radical (unpaired) electrons. The van der Waals surface area contributed by atoms with Gasteiger partial charge in [-0.2, -0.15) is 0 Å². The first-order valence-electron chi connectivity index (χ1n) is 6.96. The zero-order chi connectivity index (χ0) is 14.0. The number of imidazole rings is 2. The van der Waals surface area contributed by atoms with Gasteiger partial charge in [-0.05, 0) is 30.7 Å². The Morgan fingerprint density at radius 3 is 2.76 bits per heavy atom. The Bertz CT molecular complexity index is 1150. The molecule has 5 rings (SSSR count). The summed E-state index contributed by atoms with van der Waals surface area (Å²) in [5.41, 5.74) is 5.46. The van der Waals surface area contributed by atoms with Crippen LogP contribution >= 0.6 is 0 Å². The molecule has 2 aromatic carbocycles. The van der Waals surface area contributed by atoms with E-state index in [1.165, 1.54) is 10.9 Å². The molecular formula is C17H12N4. The lowest BCUT2D eigenvalue weighted by atomic mass is 10.1. The van der Waals surface area contributed by atoms with Gasteiger partial charge >= 0.3 is 0 Å². The van der Waals surface area contributed by atoms with Crippen LogP contribution in [-0.2, 0) is 0 Å². The highest BCUT2D eigenvalue weighted by Gasteiger charge is 2.14. The second-order valence-electron chi connectivity index (χ2n) is 5.33. The van der Waals surface area contributed by atoms with Crippen LogP contribution < -0.4 is 0 Å². The fourth-order valence-corrected chi connectivity index (χ4v) is 3.19. The van der Waals surface area contributed by atoms with Gasteiger partial charge in [0.15, 0.2) is 0 Å². The van der Waals surface area contributed by atoms with E-state index >= 15 is 0 Å². The Hall–Kier alpha value is -2.88. The molecule has 4 heteroatoms. The summed E-state index contributed by atoms with van der Waals surface area (Å²) in [6.45, 7) is 2.13. The molecule has 0 aliphatic heterocycles. The second kappa shape index (κ2) is 3.61. The number of rotatable bonds is 0. The monoisotopic (exact) mass is 272 g/mol. The highest BCUT2D eigenvalue weighted by Crippen LogP contribution is 2.28. The molecule has 0 fully saturated rings. The average Bonchev–Trinajstić information content (AvgIpc) is 3.11. The molecule has 0 saturated carbocycles. The molecule has 100 valence electrons. The van der Waals surface area contributed by atoms with Crippen LogP contribution in [0, 0.1) is 6.92 Å². The number of aromatic nitrogens is 4. The van der Waals surface area contributed by atoms with Crippen molar-refractivity contribution in [2.45, 2.75) is 6.92 Å². The molecule has 0 aliphatic rings. The van der Waals surface area contributed by atoms with Gasteiger partial charge in [0.2, 0.25) is 5.78 Å². The van der Waals surface area contributed by atoms with E-state index in [4.69, 9.17) is 4.98 Å². The molecule has 4 nitrogen and oxygen atoms in total. The van der Waals surface area contributed by atoms with E-state index in [2.05, 4.69) is 51.0 Å². The molecule has 0 unspecified atom stereocenters. The average molecular weight is 272 g/mol. The van der Waals surface area contributed by atoms with E-state index in [0.29, 0.717) is 0 Å². The molecule has 0 saturated heterocycles. The highest BCUT2D eigenvalue weighted by atomic mass is 15.2. The fraction of sp³-hybridized carbons (Fsp3) is 0.0588. The van der Waals surface area contributed by atoms with Crippen LogP contribution in [0.15, 0.2) is 54.9 Å². The predicted octanol–water partition coefficient (Wildman–Crippen LogP) is 3.60. The highest BCUT2D eigenvalue weighted by molar-refractivity contribution is 5.99. The summed E-state index contributed by atoms with van der Waals surface area (Å²) in [6.07, 6.45) is 3.81. The summed E-state index contributed by atoms with van der Waals surface area (Å²) in [5, 5.41) is 1.18. The molecule has 0 bridgehead atoms. The third kappa shape index (κ3) is 1.24. The largest absolute Gasteiger partial charge is 0.277 e. The lowest BCUT2D eigenvalue weighted by Crippen LogP contribution is -1.98. The third-order valence-corrected chi connectivity index (χ3v) is 4.11. The number of aryl methyl sites for hydroxylation is 1. The lowest BCUT2D eigenvalue weighted by Gasteiger charge is -2.08. The van der Waals surface area contributed by atoms with Gasteiger partial charge in [0.05, 0.1) is 16.6 Å². The van der Waals surface area contributed by atoms with Crippen molar-refractivity contribution >= 4 is 33.4 Å². The van der Waals surface area contributed by atoms with E-state index in [-0.39, 0.29) is 0 Å². The number of nitrogens with zero attached hydrogens (tertiary/aromatic N) is 4. The Kier molecular flexibility index (Phi) is 1.86. The van der Waals surface area contributed by atoms with Crippen molar-refractivity contribution in [1.29, 1.82) is 0 Å². The molecule has 0 atom stereocenters. The maximum atomic E-state index is 4.78. The minimum absolute atomic E-state index is 0.904. The smallest absolute Gasteiger partial charge is 0.221 e. The zero-order valence-corrected chi connectivity index (χ0v) is 11.5. The van der Waals surface area contributed by atoms with Gasteiger partial charge in [0.25, 0.3) is 0 Å². The summed E-state index contributed by atoms with van der Waals surface area (Å²) < 4.78 is 4.28. The summed E-state index contributed by atoms with van der Waals surface area (Å²) in [7, 11) is 0. The van der Waals surface area contributed by atoms with Crippen molar-refractivity contribution in [2.75, 3.05) is 0 Å². The number of benzene rings is 2. The number of hydrogen-bond acceptors (Lipinski definition) is 2. The van der Waals surface area contributed by atoms with Crippen molar-refractivity contribution < 1.29 is 0 Å². The zero-order valence-electron chi connectivity index (χ0n) is 11.5. The van der Waals surface area contributed by atoms with Crippen molar-refractivity contribution in [2.24, 2.45) is 0 Å². The first kappa shape index (κ1) is 10.9. The topological polar surface area (TPSA) is 34.6 Å². The number of fused-ring (bicyclic) bond motifs is 8. The van der Waals surface area contributed by atoms with Crippen LogP contribution in [0.25, 0.3) is 33.4 Å². The summed E-state index contributed by atoms with van der Waals surface area (Å²) in [6, 6.07) is 14.6. The van der Waals surface area contributed by atoms with E-state index in [9.17, 15) is 0 Å². The normalized spacial score (nSPS) is 12.0. The van der Waals surface area contributed by atoms with Crippen LogP contribution in [0.1, 0.15) is 5.56 Å². The standard InChI is InChI=1S/C17H12N4/c1-11-5-4-8-14-15(11)16-18-9-10-20(16)17-19-12-6-2-3-7-13(12)21(14)17/h2-10H,1H3. The first-order valence-corrected chi connectivity index (χ1v) is 6.96. The van der Waals surface area contributed by atoms with E-state index in [0.717, 1.165) is 28.0 Å². The maximum absolute atomic E-state index is 4.78. The van der Waals surface area contributed by atoms with Gasteiger partial charge in [-0.25, -0.2) is 9.97 Å². The quantitative estimate of drug-likeness (QED) is 0.431. The predicted molar refractivity (Wildman–Crippen MR) is 83.7 cm³/mol. The van der Waals surface area contributed by atoms with Gasteiger partial charge in [-0.1, -0.05) is 24.3 Å². The van der Waals surface area contributed by atoms with Crippen molar-refractivity contribution in [3.63, 3.8) is 0 Å². The van der Waals surface area contributed by atoms with Crippen LogP contribution in [0.4, 0.5) is 0 Å². The maximum Gasteiger partial charge on any atom is 0.221 e. The molecule has 0 N–H and O–H groups in total. The van der Waals surface area contributed by atoms with Gasteiger partial charge in [0.1, 0.15) is 5.65 Å². The molecule has 5 aromatic rings. The Labute approximate surface area is 120 Å². The van der Waals surface area contributed by atoms with Gasteiger partial charge < -0.3 is 0 Å². The molecule has 0 spiro atoms. The molecule has 3 heterocycles. The Morgan fingerprint density at radius 1 is 0.952 bits per heavy atom. The molecule has 21 heavy (non-hydrogen) atoms. The van der Waals surface area contributed by atoms with Crippen LogP contribution in [0.5, 0.6) is 0 Å². The minimum Gasteiger partial charge on any atom is -0.277 e. The minimum atomic E-state index is 0.904. The van der Waals surface area contributed by atoms with E-state index < -0.39 is 0 Å². The fourth-order valence-electron chi connectivity index (χ4n) is 3.19. The SMILES string of the molecule is Cc1cccc2c1c1nccn1c1nc3ccccc3n21. The number of para-hydroxylation sites is 2. The summed E-state index contributed by atoms with van der Waals surface area (Å²) in [4.78, 5) is 9.32. The van der Waals surface area contributed by atoms with Crippen LogP contribution in [0.2, 0.25) is 0 Å². The van der Waals surface area contributed by atoms with Crippen molar-refractivity contribution in [3.05, 3.63) is 60.4 Å². The molecule has 0 aliphatic carbocycles. The van der Waals surface area contributed by atoms with Crippen molar-refractivity contribution in [1.82, 2.24) is 18.8 Å². The summed E-state index contributed by atoms with van der Waals surface area (Å²) in [5.74, 6) is 0.904. The van der Waals surface area contributed by atoms with Gasteiger partial charge in [0, 0.05) is 17.8 Å². The third-order valence-electron chi connectivity index (χ3n) is 4.11. The van der Waals surface area contributed by atoms with Crippen LogP contribution in [-0.4, -0.2) is 18.8 Å². The van der Waals surface area contributed by atoms with E-state index in [1.807, 2.05) is 24.5 Å². The molecule has 3 aromatic heterocycles. The van der Waals surface area contributed by atoms with Gasteiger partial charge in [-0.3, -0.25) is 8.80 Å². The van der Waals surface area contributed by atoms with Crippen LogP contribution in [0.3, 0.4) is 0 Å². The second-order valence-corrected chi connectivity index (χ2v) is 5.33. The first-order chi connectivity index (χ1) is 10.3. The van der Waals surface area contributed by atoms with Crippen molar-refractivity contribution in [3.8, 4) is 0 Å². The summed E-state index contributed by atoms with van der Waals surface area (Å²) >= 11 is 0. The molecular weight excluding hydrogens is 260 g/mol. The number of hydrogen-bond donors (Lipinski definition) is 0. The Balaban J connectivity index is 2.27. The molecule has 0 amide bonds. The van der Waals surface area contributed by atoms with Gasteiger partial charge in [-0.15, -0.1) is 0 Å².